The number of amides is 1. The first-order valence-corrected chi connectivity index (χ1v) is 9.63. The molecule has 0 aliphatic carbocycles. The molecule has 0 bridgehead atoms. The minimum absolute atomic E-state index is 0.0268. The summed E-state index contributed by atoms with van der Waals surface area (Å²) in [7, 11) is 0. The molecule has 4 aromatic rings. The first kappa shape index (κ1) is 16.1. The van der Waals surface area contributed by atoms with Crippen LogP contribution in [0.2, 0.25) is 0 Å². The fraction of sp³-hybridized carbons (Fsp3) is 0.200. The van der Waals surface area contributed by atoms with Gasteiger partial charge in [-0.25, -0.2) is 9.97 Å². The minimum Gasteiger partial charge on any atom is -0.298 e. The van der Waals surface area contributed by atoms with Crippen LogP contribution in [0.15, 0.2) is 41.2 Å². The van der Waals surface area contributed by atoms with E-state index in [4.69, 9.17) is 0 Å². The Bertz CT molecular complexity index is 1290. The molecule has 2 aromatic carbocycles. The Kier molecular flexibility index (Phi) is 3.58. The van der Waals surface area contributed by atoms with Crippen molar-refractivity contribution in [3.8, 4) is 0 Å². The second kappa shape index (κ2) is 5.99. The quantitative estimate of drug-likeness (QED) is 0.581. The predicted molar refractivity (Wildman–Crippen MR) is 107 cm³/mol. The Morgan fingerprint density at radius 1 is 1.22 bits per heavy atom. The van der Waals surface area contributed by atoms with Crippen LogP contribution >= 0.6 is 11.3 Å². The van der Waals surface area contributed by atoms with Gasteiger partial charge in [-0.3, -0.25) is 19.5 Å². The third kappa shape index (κ3) is 2.62. The average molecular weight is 376 g/mol. The van der Waals surface area contributed by atoms with E-state index in [0.717, 1.165) is 41.0 Å². The van der Waals surface area contributed by atoms with Crippen LogP contribution in [0.5, 0.6) is 0 Å². The Labute approximate surface area is 158 Å². The Morgan fingerprint density at radius 2 is 2.11 bits per heavy atom. The van der Waals surface area contributed by atoms with Gasteiger partial charge in [-0.15, -0.1) is 0 Å². The van der Waals surface area contributed by atoms with Crippen molar-refractivity contribution in [2.75, 3.05) is 5.32 Å². The van der Waals surface area contributed by atoms with Crippen molar-refractivity contribution in [2.45, 2.75) is 26.3 Å². The molecule has 0 fully saturated rings. The molecule has 0 saturated heterocycles. The number of benzene rings is 2. The van der Waals surface area contributed by atoms with E-state index in [1.807, 2.05) is 25.1 Å². The number of aryl methyl sites for hydroxylation is 2. The molecule has 134 valence electrons. The molecule has 0 saturated carbocycles. The standard InChI is InChI=1S/C20H16N4O2S/c1-11-4-2-5-15-17(11)22-20(27-15)23-18(25)12-7-8-13-14(10-12)21-16-6-3-9-24(16)19(13)26/h2,4-5,7-8,10H,3,6,9H2,1H3,(H,22,23,25). The molecule has 1 aliphatic rings. The van der Waals surface area contributed by atoms with Crippen LogP contribution in [0.4, 0.5) is 5.13 Å². The fourth-order valence-electron chi connectivity index (χ4n) is 3.53. The number of hydrogen-bond donors (Lipinski definition) is 1. The second-order valence-electron chi connectivity index (χ2n) is 6.72. The highest BCUT2D eigenvalue weighted by atomic mass is 32.1. The molecular weight excluding hydrogens is 360 g/mol. The number of rotatable bonds is 2. The van der Waals surface area contributed by atoms with E-state index in [1.54, 1.807) is 22.8 Å². The highest BCUT2D eigenvalue weighted by Gasteiger charge is 2.17. The number of hydrogen-bond acceptors (Lipinski definition) is 5. The zero-order chi connectivity index (χ0) is 18.5. The van der Waals surface area contributed by atoms with Gasteiger partial charge in [-0.2, -0.15) is 0 Å². The number of nitrogens with zero attached hydrogens (tertiary/aromatic N) is 3. The van der Waals surface area contributed by atoms with Gasteiger partial charge in [0.2, 0.25) is 0 Å². The molecule has 2 aromatic heterocycles. The number of anilines is 1. The van der Waals surface area contributed by atoms with Gasteiger partial charge in [0.25, 0.3) is 11.5 Å². The summed E-state index contributed by atoms with van der Waals surface area (Å²) in [5, 5.41) is 3.97. The molecule has 1 aliphatic heterocycles. The highest BCUT2D eigenvalue weighted by Crippen LogP contribution is 2.28. The highest BCUT2D eigenvalue weighted by molar-refractivity contribution is 7.22. The van der Waals surface area contributed by atoms with E-state index in [2.05, 4.69) is 15.3 Å². The van der Waals surface area contributed by atoms with Crippen molar-refractivity contribution in [2.24, 2.45) is 0 Å². The van der Waals surface area contributed by atoms with Crippen LogP contribution < -0.4 is 10.9 Å². The summed E-state index contributed by atoms with van der Waals surface area (Å²) in [5.41, 5.74) is 2.99. The summed E-state index contributed by atoms with van der Waals surface area (Å²) in [4.78, 5) is 34.3. The summed E-state index contributed by atoms with van der Waals surface area (Å²) in [6.07, 6.45) is 1.73. The number of carbonyl (C=O) groups excluding carboxylic acids is 1. The molecule has 0 atom stereocenters. The van der Waals surface area contributed by atoms with E-state index in [9.17, 15) is 9.59 Å². The molecule has 6 nitrogen and oxygen atoms in total. The van der Waals surface area contributed by atoms with E-state index in [-0.39, 0.29) is 11.5 Å². The Morgan fingerprint density at radius 3 is 2.96 bits per heavy atom. The molecule has 0 spiro atoms. The first-order valence-electron chi connectivity index (χ1n) is 8.81. The molecule has 0 unspecified atom stereocenters. The lowest BCUT2D eigenvalue weighted by molar-refractivity contribution is 0.102. The summed E-state index contributed by atoms with van der Waals surface area (Å²) >= 11 is 1.44. The minimum atomic E-state index is -0.254. The SMILES string of the molecule is Cc1cccc2sc(NC(=O)c3ccc4c(=O)n5c(nc4c3)CCC5)nc12. The lowest BCUT2D eigenvalue weighted by atomic mass is 10.1. The van der Waals surface area contributed by atoms with Crippen molar-refractivity contribution in [3.05, 3.63) is 63.7 Å². The largest absolute Gasteiger partial charge is 0.298 e. The zero-order valence-corrected chi connectivity index (χ0v) is 15.5. The third-order valence-electron chi connectivity index (χ3n) is 4.92. The number of thiazole rings is 1. The van der Waals surface area contributed by atoms with Gasteiger partial charge in [0.1, 0.15) is 5.82 Å². The van der Waals surface area contributed by atoms with Gasteiger partial charge in [-0.1, -0.05) is 23.5 Å². The van der Waals surface area contributed by atoms with Crippen molar-refractivity contribution in [1.82, 2.24) is 14.5 Å². The zero-order valence-electron chi connectivity index (χ0n) is 14.7. The average Bonchev–Trinajstić information content (AvgIpc) is 3.29. The summed E-state index contributed by atoms with van der Waals surface area (Å²) in [5.74, 6) is 0.544. The summed E-state index contributed by atoms with van der Waals surface area (Å²) < 4.78 is 2.76. The van der Waals surface area contributed by atoms with E-state index < -0.39 is 0 Å². The normalized spacial score (nSPS) is 13.2. The maximum absolute atomic E-state index is 12.7. The van der Waals surface area contributed by atoms with E-state index in [1.165, 1.54) is 11.3 Å². The van der Waals surface area contributed by atoms with Crippen molar-refractivity contribution in [3.63, 3.8) is 0 Å². The van der Waals surface area contributed by atoms with Crippen LogP contribution in [-0.4, -0.2) is 20.4 Å². The maximum Gasteiger partial charge on any atom is 0.261 e. The fourth-order valence-corrected chi connectivity index (χ4v) is 4.47. The van der Waals surface area contributed by atoms with Gasteiger partial charge < -0.3 is 0 Å². The van der Waals surface area contributed by atoms with Gasteiger partial charge in [0.15, 0.2) is 5.13 Å². The van der Waals surface area contributed by atoms with Crippen LogP contribution in [0.25, 0.3) is 21.1 Å². The van der Waals surface area contributed by atoms with E-state index in [0.29, 0.717) is 21.6 Å². The predicted octanol–water partition coefficient (Wildman–Crippen LogP) is 3.51. The maximum atomic E-state index is 12.7. The van der Waals surface area contributed by atoms with Crippen LogP contribution in [0, 0.1) is 6.92 Å². The van der Waals surface area contributed by atoms with Crippen LogP contribution in [-0.2, 0) is 13.0 Å². The summed E-state index contributed by atoms with van der Waals surface area (Å²) in [6, 6.07) is 11.0. The van der Waals surface area contributed by atoms with Crippen molar-refractivity contribution < 1.29 is 4.79 Å². The Hall–Kier alpha value is -3.06. The third-order valence-corrected chi connectivity index (χ3v) is 5.86. The molecule has 7 heteroatoms. The van der Waals surface area contributed by atoms with Gasteiger partial charge in [-0.05, 0) is 43.2 Å². The molecule has 1 N–H and O–H groups in total. The van der Waals surface area contributed by atoms with E-state index >= 15 is 0 Å². The summed E-state index contributed by atoms with van der Waals surface area (Å²) in [6.45, 7) is 2.72. The number of nitrogens with one attached hydrogen (secondary N) is 1. The van der Waals surface area contributed by atoms with Gasteiger partial charge >= 0.3 is 0 Å². The number of carbonyl (C=O) groups is 1. The van der Waals surface area contributed by atoms with Crippen LogP contribution in [0.1, 0.15) is 28.2 Å². The monoisotopic (exact) mass is 376 g/mol. The van der Waals surface area contributed by atoms with Crippen molar-refractivity contribution in [1.29, 1.82) is 0 Å². The molecule has 5 rings (SSSR count). The lowest BCUT2D eigenvalue weighted by Gasteiger charge is -2.07. The Balaban J connectivity index is 1.50. The van der Waals surface area contributed by atoms with Gasteiger partial charge in [0.05, 0.1) is 21.1 Å². The molecule has 0 radical (unpaired) electrons. The smallest absolute Gasteiger partial charge is 0.261 e. The number of fused-ring (bicyclic) bond motifs is 3. The first-order chi connectivity index (χ1) is 13.1. The molecule has 27 heavy (non-hydrogen) atoms. The number of para-hydroxylation sites is 1. The van der Waals surface area contributed by atoms with Crippen molar-refractivity contribution >= 4 is 43.5 Å². The molecule has 3 heterocycles. The second-order valence-corrected chi connectivity index (χ2v) is 7.75. The topological polar surface area (TPSA) is 76.9 Å². The molecular formula is C20H16N4O2S. The molecule has 1 amide bonds. The van der Waals surface area contributed by atoms with Gasteiger partial charge in [0, 0.05) is 18.5 Å². The number of aromatic nitrogens is 3. The lowest BCUT2D eigenvalue weighted by Crippen LogP contribution is -2.21. The van der Waals surface area contributed by atoms with Crippen LogP contribution in [0.3, 0.4) is 0 Å².